The van der Waals surface area contributed by atoms with E-state index in [1.165, 1.54) is 19.2 Å². The van der Waals surface area contributed by atoms with Crippen molar-refractivity contribution in [1.29, 1.82) is 0 Å². The minimum Gasteiger partial charge on any atom is -0.494 e. The van der Waals surface area contributed by atoms with Crippen molar-refractivity contribution in [3.63, 3.8) is 0 Å². The number of rotatable bonds is 6. The molecule has 0 N–H and O–H groups in total. The Kier molecular flexibility index (Phi) is 6.54. The molecule has 2 aliphatic rings. The quantitative estimate of drug-likeness (QED) is 0.595. The maximum Gasteiger partial charge on any atom is 0.308 e. The number of piperidine rings is 1. The molecule has 0 aliphatic carbocycles. The molecule has 0 saturated carbocycles. The minimum absolute atomic E-state index is 0.0949. The number of carbonyl (C=O) groups is 1. The molecule has 2 heterocycles. The lowest BCUT2D eigenvalue weighted by Gasteiger charge is -2.36. The number of sulfone groups is 2. The molecule has 0 radical (unpaired) electrons. The number of hydrogen-bond acceptors (Lipinski definition) is 8. The minimum atomic E-state index is -3.84. The number of hydrogen-bond donors (Lipinski definition) is 0. The van der Waals surface area contributed by atoms with Crippen molar-refractivity contribution in [2.75, 3.05) is 38.3 Å². The molecule has 2 fully saturated rings. The summed E-state index contributed by atoms with van der Waals surface area (Å²) in [6.07, 6.45) is 1.05. The van der Waals surface area contributed by atoms with Crippen molar-refractivity contribution < 1.29 is 31.1 Å². The van der Waals surface area contributed by atoms with Crippen LogP contribution in [0.1, 0.15) is 19.8 Å². The summed E-state index contributed by atoms with van der Waals surface area (Å²) in [5.41, 5.74) is 0. The van der Waals surface area contributed by atoms with Crippen LogP contribution in [0.5, 0.6) is 5.75 Å². The van der Waals surface area contributed by atoms with E-state index in [1.54, 1.807) is 12.1 Å². The molecule has 3 rings (SSSR count). The smallest absolute Gasteiger partial charge is 0.308 e. The molecule has 162 valence electrons. The summed E-state index contributed by atoms with van der Waals surface area (Å²) in [6.45, 7) is 3.24. The standard InChI is InChI=1S/C19H27NO7S2/c1-3-27-15-4-6-16(7-5-15)29(24,25)18-13-28(22,23)12-17(18)20-10-8-14(9-11-20)19(21)26-2/h4-7,14,17-18H,3,8-13H2,1-2H3/t17-,18-/m1/s1. The van der Waals surface area contributed by atoms with E-state index in [2.05, 4.69) is 0 Å². The van der Waals surface area contributed by atoms with Crippen LogP contribution < -0.4 is 4.74 Å². The summed E-state index contributed by atoms with van der Waals surface area (Å²) in [5, 5.41) is -1.03. The SMILES string of the molecule is CCOc1ccc(S(=O)(=O)[C@@H]2CS(=O)(=O)C[C@H]2N2CCC(C(=O)OC)CC2)cc1. The molecule has 0 aromatic heterocycles. The number of benzene rings is 1. The normalized spacial score (nSPS) is 25.6. The van der Waals surface area contributed by atoms with Crippen LogP contribution in [-0.4, -0.2) is 77.3 Å². The average molecular weight is 446 g/mol. The van der Waals surface area contributed by atoms with Crippen LogP contribution in [0.4, 0.5) is 0 Å². The fraction of sp³-hybridized carbons (Fsp3) is 0.632. The maximum atomic E-state index is 13.3. The van der Waals surface area contributed by atoms with E-state index in [9.17, 15) is 21.6 Å². The van der Waals surface area contributed by atoms with E-state index in [0.29, 0.717) is 38.3 Å². The summed E-state index contributed by atoms with van der Waals surface area (Å²) in [7, 11) is -5.97. The first-order valence-electron chi connectivity index (χ1n) is 9.67. The van der Waals surface area contributed by atoms with Crippen LogP contribution in [0.2, 0.25) is 0 Å². The van der Waals surface area contributed by atoms with E-state index in [-0.39, 0.29) is 28.3 Å². The maximum absolute atomic E-state index is 13.3. The molecule has 8 nitrogen and oxygen atoms in total. The highest BCUT2D eigenvalue weighted by Gasteiger charge is 2.49. The molecule has 0 unspecified atom stereocenters. The highest BCUT2D eigenvalue weighted by atomic mass is 32.2. The van der Waals surface area contributed by atoms with E-state index in [4.69, 9.17) is 9.47 Å². The second-order valence-electron chi connectivity index (χ2n) is 7.47. The zero-order valence-corrected chi connectivity index (χ0v) is 18.2. The Hall–Kier alpha value is -1.65. The second-order valence-corrected chi connectivity index (χ2v) is 11.8. The van der Waals surface area contributed by atoms with Crippen LogP contribution in [0, 0.1) is 5.92 Å². The van der Waals surface area contributed by atoms with Crippen molar-refractivity contribution in [3.8, 4) is 5.75 Å². The van der Waals surface area contributed by atoms with Crippen LogP contribution in [0.25, 0.3) is 0 Å². The number of methoxy groups -OCH3 is 1. The van der Waals surface area contributed by atoms with Crippen molar-refractivity contribution in [1.82, 2.24) is 4.90 Å². The number of likely N-dealkylation sites (tertiary alicyclic amines) is 1. The van der Waals surface area contributed by atoms with Gasteiger partial charge in [-0.05, 0) is 57.1 Å². The Bertz CT molecular complexity index is 933. The lowest BCUT2D eigenvalue weighted by Crippen LogP contribution is -2.50. The van der Waals surface area contributed by atoms with Gasteiger partial charge in [-0.2, -0.15) is 0 Å². The predicted molar refractivity (Wildman–Crippen MR) is 107 cm³/mol. The van der Waals surface area contributed by atoms with Crippen LogP contribution in [-0.2, 0) is 29.2 Å². The topological polar surface area (TPSA) is 107 Å². The Morgan fingerprint density at radius 3 is 2.31 bits per heavy atom. The van der Waals surface area contributed by atoms with Gasteiger partial charge in [-0.25, -0.2) is 16.8 Å². The van der Waals surface area contributed by atoms with Crippen molar-refractivity contribution >= 4 is 25.6 Å². The predicted octanol–water partition coefficient (Wildman–Crippen LogP) is 0.910. The van der Waals surface area contributed by atoms with E-state index < -0.39 is 31.0 Å². The highest BCUT2D eigenvalue weighted by molar-refractivity contribution is 7.96. The van der Waals surface area contributed by atoms with Crippen LogP contribution in [0.15, 0.2) is 29.2 Å². The molecule has 29 heavy (non-hydrogen) atoms. The van der Waals surface area contributed by atoms with Crippen molar-refractivity contribution in [2.24, 2.45) is 5.92 Å². The summed E-state index contributed by atoms with van der Waals surface area (Å²) < 4.78 is 61.3. The first-order chi connectivity index (χ1) is 13.7. The third-order valence-corrected chi connectivity index (χ3v) is 9.80. The molecular formula is C19H27NO7S2. The van der Waals surface area contributed by atoms with Gasteiger partial charge >= 0.3 is 5.97 Å². The van der Waals surface area contributed by atoms with Crippen LogP contribution in [0.3, 0.4) is 0 Å². The summed E-state index contributed by atoms with van der Waals surface area (Å²) >= 11 is 0. The summed E-state index contributed by atoms with van der Waals surface area (Å²) in [4.78, 5) is 13.7. The van der Waals surface area contributed by atoms with Gasteiger partial charge in [0.05, 0.1) is 41.3 Å². The fourth-order valence-electron chi connectivity index (χ4n) is 4.13. The Balaban J connectivity index is 1.81. The molecule has 2 saturated heterocycles. The van der Waals surface area contributed by atoms with Gasteiger partial charge < -0.3 is 9.47 Å². The molecule has 0 spiro atoms. The Morgan fingerprint density at radius 1 is 1.14 bits per heavy atom. The zero-order valence-electron chi connectivity index (χ0n) is 16.6. The largest absolute Gasteiger partial charge is 0.494 e. The van der Waals surface area contributed by atoms with Gasteiger partial charge in [0.15, 0.2) is 19.7 Å². The van der Waals surface area contributed by atoms with E-state index >= 15 is 0 Å². The molecule has 1 aromatic carbocycles. The zero-order chi connectivity index (χ0) is 21.2. The molecule has 2 atom stereocenters. The Labute approximate surface area is 172 Å². The average Bonchev–Trinajstić information content (AvgIpc) is 3.04. The highest BCUT2D eigenvalue weighted by Crippen LogP contribution is 2.32. The molecule has 2 aliphatic heterocycles. The molecule has 0 amide bonds. The third kappa shape index (κ3) is 4.75. The number of ether oxygens (including phenoxy) is 2. The Morgan fingerprint density at radius 2 is 1.76 bits per heavy atom. The first kappa shape index (κ1) is 22.0. The van der Waals surface area contributed by atoms with Gasteiger partial charge in [-0.3, -0.25) is 9.69 Å². The van der Waals surface area contributed by atoms with Crippen LogP contribution >= 0.6 is 0 Å². The lowest BCUT2D eigenvalue weighted by atomic mass is 9.95. The molecular weight excluding hydrogens is 418 g/mol. The summed E-state index contributed by atoms with van der Waals surface area (Å²) in [5.74, 6) is -0.509. The van der Waals surface area contributed by atoms with Gasteiger partial charge in [0, 0.05) is 6.04 Å². The second kappa shape index (κ2) is 8.61. The number of carbonyl (C=O) groups excluding carboxylic acids is 1. The summed E-state index contributed by atoms with van der Waals surface area (Å²) in [6, 6.07) is 5.47. The first-order valence-corrected chi connectivity index (χ1v) is 13.0. The van der Waals surface area contributed by atoms with Gasteiger partial charge in [-0.1, -0.05) is 0 Å². The number of esters is 1. The van der Waals surface area contributed by atoms with Gasteiger partial charge in [0.1, 0.15) is 5.75 Å². The van der Waals surface area contributed by atoms with Crippen molar-refractivity contribution in [3.05, 3.63) is 24.3 Å². The molecule has 10 heteroatoms. The van der Waals surface area contributed by atoms with Gasteiger partial charge in [-0.15, -0.1) is 0 Å². The van der Waals surface area contributed by atoms with Gasteiger partial charge in [0.25, 0.3) is 0 Å². The third-order valence-electron chi connectivity index (χ3n) is 5.67. The monoisotopic (exact) mass is 445 g/mol. The van der Waals surface area contributed by atoms with E-state index in [1.807, 2.05) is 11.8 Å². The van der Waals surface area contributed by atoms with Gasteiger partial charge in [0.2, 0.25) is 0 Å². The fourth-order valence-corrected chi connectivity index (χ4v) is 8.96. The van der Waals surface area contributed by atoms with E-state index in [0.717, 1.165) is 0 Å². The lowest BCUT2D eigenvalue weighted by molar-refractivity contribution is -0.147. The molecule has 1 aromatic rings. The van der Waals surface area contributed by atoms with Crippen molar-refractivity contribution in [2.45, 2.75) is 36.0 Å². The number of nitrogens with zero attached hydrogens (tertiary/aromatic N) is 1. The molecule has 0 bridgehead atoms.